The lowest BCUT2D eigenvalue weighted by Gasteiger charge is -2.32. The molecule has 1 aliphatic heterocycles. The molecule has 2 heterocycles. The Morgan fingerprint density at radius 2 is 2.15 bits per heavy atom. The minimum absolute atomic E-state index is 0.0572. The standard InChI is InChI=1S/C16H18N2OS/c1-12-14-8-10-20-15(14)7-9-18(12)11-16(19)17-13-5-3-2-4-6-13/h2-6,8,10,12H,7,9,11H2,1H3,(H,17,19)/t12-/m0/s1. The molecule has 4 heteroatoms. The zero-order valence-electron chi connectivity index (χ0n) is 11.5. The number of fused-ring (bicyclic) bond motifs is 1. The number of nitrogens with zero attached hydrogens (tertiary/aromatic N) is 1. The second-order valence-corrected chi connectivity index (χ2v) is 6.11. The Bertz CT molecular complexity index is 594. The smallest absolute Gasteiger partial charge is 0.238 e. The number of amides is 1. The maximum Gasteiger partial charge on any atom is 0.238 e. The Kier molecular flexibility index (Phi) is 3.85. The minimum atomic E-state index is 0.0572. The van der Waals surface area contributed by atoms with Crippen molar-refractivity contribution in [1.82, 2.24) is 4.90 Å². The molecule has 1 aromatic heterocycles. The van der Waals surface area contributed by atoms with E-state index in [1.165, 1.54) is 10.4 Å². The highest BCUT2D eigenvalue weighted by Gasteiger charge is 2.25. The van der Waals surface area contributed by atoms with Gasteiger partial charge in [-0.05, 0) is 42.5 Å². The predicted octanol–water partition coefficient (Wildman–Crippen LogP) is 3.31. The molecular formula is C16H18N2OS. The molecule has 1 aliphatic rings. The van der Waals surface area contributed by atoms with Gasteiger partial charge in [-0.2, -0.15) is 0 Å². The van der Waals surface area contributed by atoms with Crippen molar-refractivity contribution in [2.45, 2.75) is 19.4 Å². The van der Waals surface area contributed by atoms with Gasteiger partial charge >= 0.3 is 0 Å². The van der Waals surface area contributed by atoms with E-state index in [0.717, 1.165) is 18.7 Å². The lowest BCUT2D eigenvalue weighted by molar-refractivity contribution is -0.117. The number of hydrogen-bond acceptors (Lipinski definition) is 3. The third kappa shape index (κ3) is 2.76. The van der Waals surface area contributed by atoms with Crippen LogP contribution in [0, 0.1) is 0 Å². The van der Waals surface area contributed by atoms with Gasteiger partial charge < -0.3 is 5.32 Å². The van der Waals surface area contributed by atoms with Crippen LogP contribution in [0.5, 0.6) is 0 Å². The van der Waals surface area contributed by atoms with Gasteiger partial charge in [0.25, 0.3) is 0 Å². The molecule has 1 N–H and O–H groups in total. The van der Waals surface area contributed by atoms with Crippen LogP contribution in [0.1, 0.15) is 23.4 Å². The van der Waals surface area contributed by atoms with E-state index in [9.17, 15) is 4.79 Å². The van der Waals surface area contributed by atoms with E-state index in [4.69, 9.17) is 0 Å². The Hall–Kier alpha value is -1.65. The zero-order valence-corrected chi connectivity index (χ0v) is 12.3. The molecule has 0 saturated carbocycles. The van der Waals surface area contributed by atoms with E-state index in [0.29, 0.717) is 12.6 Å². The molecule has 0 bridgehead atoms. The van der Waals surface area contributed by atoms with Gasteiger partial charge in [0.05, 0.1) is 6.54 Å². The van der Waals surface area contributed by atoms with Crippen LogP contribution in [-0.2, 0) is 11.2 Å². The molecule has 0 unspecified atom stereocenters. The number of nitrogens with one attached hydrogen (secondary N) is 1. The van der Waals surface area contributed by atoms with E-state index in [1.54, 1.807) is 0 Å². The molecule has 20 heavy (non-hydrogen) atoms. The van der Waals surface area contributed by atoms with E-state index in [2.05, 4.69) is 28.6 Å². The summed E-state index contributed by atoms with van der Waals surface area (Å²) < 4.78 is 0. The van der Waals surface area contributed by atoms with Gasteiger partial charge in [-0.15, -0.1) is 11.3 Å². The molecule has 2 aromatic rings. The van der Waals surface area contributed by atoms with Crippen LogP contribution in [0.25, 0.3) is 0 Å². The topological polar surface area (TPSA) is 32.3 Å². The Morgan fingerprint density at radius 1 is 1.35 bits per heavy atom. The van der Waals surface area contributed by atoms with Gasteiger partial charge in [0.15, 0.2) is 0 Å². The lowest BCUT2D eigenvalue weighted by atomic mass is 10.0. The first kappa shape index (κ1) is 13.3. The first-order valence-electron chi connectivity index (χ1n) is 6.89. The van der Waals surface area contributed by atoms with Gasteiger partial charge in [0.2, 0.25) is 5.91 Å². The highest BCUT2D eigenvalue weighted by Crippen LogP contribution is 2.32. The summed E-state index contributed by atoms with van der Waals surface area (Å²) in [5.41, 5.74) is 2.24. The van der Waals surface area contributed by atoms with Crippen molar-refractivity contribution in [3.8, 4) is 0 Å². The number of hydrogen-bond donors (Lipinski definition) is 1. The van der Waals surface area contributed by atoms with Crippen molar-refractivity contribution in [2.24, 2.45) is 0 Å². The highest BCUT2D eigenvalue weighted by atomic mass is 32.1. The van der Waals surface area contributed by atoms with E-state index < -0.39 is 0 Å². The summed E-state index contributed by atoms with van der Waals surface area (Å²) in [4.78, 5) is 15.8. The number of benzene rings is 1. The third-order valence-electron chi connectivity index (χ3n) is 3.81. The molecule has 0 spiro atoms. The van der Waals surface area contributed by atoms with Crippen LogP contribution < -0.4 is 5.32 Å². The fourth-order valence-electron chi connectivity index (χ4n) is 2.68. The van der Waals surface area contributed by atoms with Gasteiger partial charge in [-0.25, -0.2) is 0 Å². The predicted molar refractivity (Wildman–Crippen MR) is 83.1 cm³/mol. The fraction of sp³-hybridized carbons (Fsp3) is 0.312. The molecule has 3 nitrogen and oxygen atoms in total. The lowest BCUT2D eigenvalue weighted by Crippen LogP contribution is -2.39. The van der Waals surface area contributed by atoms with Crippen LogP contribution in [0.15, 0.2) is 41.8 Å². The van der Waals surface area contributed by atoms with Crippen LogP contribution in [0.2, 0.25) is 0 Å². The summed E-state index contributed by atoms with van der Waals surface area (Å²) in [6.07, 6.45) is 1.05. The van der Waals surface area contributed by atoms with E-state index in [-0.39, 0.29) is 5.91 Å². The number of rotatable bonds is 3. The molecule has 1 amide bonds. The summed E-state index contributed by atoms with van der Waals surface area (Å²) in [7, 11) is 0. The van der Waals surface area contributed by atoms with Gasteiger partial charge in [0.1, 0.15) is 0 Å². The van der Waals surface area contributed by atoms with Crippen molar-refractivity contribution in [2.75, 3.05) is 18.4 Å². The van der Waals surface area contributed by atoms with Crippen LogP contribution >= 0.6 is 11.3 Å². The van der Waals surface area contributed by atoms with Gasteiger partial charge in [-0.1, -0.05) is 18.2 Å². The first-order chi connectivity index (χ1) is 9.74. The molecule has 1 atom stereocenters. The van der Waals surface area contributed by atoms with Crippen molar-refractivity contribution >= 4 is 22.9 Å². The second kappa shape index (κ2) is 5.77. The first-order valence-corrected chi connectivity index (χ1v) is 7.77. The van der Waals surface area contributed by atoms with Crippen LogP contribution in [-0.4, -0.2) is 23.9 Å². The molecular weight excluding hydrogens is 268 g/mol. The molecule has 3 rings (SSSR count). The molecule has 0 aliphatic carbocycles. The Morgan fingerprint density at radius 3 is 2.95 bits per heavy atom. The molecule has 0 fully saturated rings. The number of para-hydroxylation sites is 1. The summed E-state index contributed by atoms with van der Waals surface area (Å²) in [6, 6.07) is 12.1. The largest absolute Gasteiger partial charge is 0.325 e. The average molecular weight is 286 g/mol. The van der Waals surface area contributed by atoms with Crippen molar-refractivity contribution in [1.29, 1.82) is 0 Å². The number of anilines is 1. The number of thiophene rings is 1. The quantitative estimate of drug-likeness (QED) is 0.939. The molecule has 1 aromatic carbocycles. The number of carbonyl (C=O) groups is 1. The van der Waals surface area contributed by atoms with E-state index in [1.807, 2.05) is 41.7 Å². The average Bonchev–Trinajstić information content (AvgIpc) is 2.92. The maximum atomic E-state index is 12.1. The highest BCUT2D eigenvalue weighted by molar-refractivity contribution is 7.10. The van der Waals surface area contributed by atoms with Gasteiger partial charge in [-0.3, -0.25) is 9.69 Å². The SMILES string of the molecule is C[C@H]1c2ccsc2CCN1CC(=O)Nc1ccccc1. The normalized spacial score (nSPS) is 18.6. The van der Waals surface area contributed by atoms with Crippen molar-refractivity contribution in [3.63, 3.8) is 0 Å². The molecule has 0 radical (unpaired) electrons. The number of carbonyl (C=O) groups excluding carboxylic acids is 1. The summed E-state index contributed by atoms with van der Waals surface area (Å²) in [5, 5.41) is 5.10. The van der Waals surface area contributed by atoms with Crippen LogP contribution in [0.3, 0.4) is 0 Å². The fourth-order valence-corrected chi connectivity index (χ4v) is 3.65. The molecule has 104 valence electrons. The van der Waals surface area contributed by atoms with Crippen LogP contribution in [0.4, 0.5) is 5.69 Å². The Balaban J connectivity index is 1.63. The Labute approximate surface area is 123 Å². The monoisotopic (exact) mass is 286 g/mol. The minimum Gasteiger partial charge on any atom is -0.325 e. The summed E-state index contributed by atoms with van der Waals surface area (Å²) in [5.74, 6) is 0.0572. The van der Waals surface area contributed by atoms with Crippen molar-refractivity contribution < 1.29 is 4.79 Å². The molecule has 0 saturated heterocycles. The van der Waals surface area contributed by atoms with Crippen molar-refractivity contribution in [3.05, 3.63) is 52.2 Å². The maximum absolute atomic E-state index is 12.1. The summed E-state index contributed by atoms with van der Waals surface area (Å²) >= 11 is 1.83. The summed E-state index contributed by atoms with van der Waals surface area (Å²) in [6.45, 7) is 3.59. The van der Waals surface area contributed by atoms with Gasteiger partial charge in [0, 0.05) is 23.2 Å². The second-order valence-electron chi connectivity index (χ2n) is 5.11. The van der Waals surface area contributed by atoms with E-state index >= 15 is 0 Å². The zero-order chi connectivity index (χ0) is 13.9. The third-order valence-corrected chi connectivity index (χ3v) is 4.80.